The van der Waals surface area contributed by atoms with E-state index in [1.165, 1.54) is 16.4 Å². The summed E-state index contributed by atoms with van der Waals surface area (Å²) >= 11 is 12.5. The van der Waals surface area contributed by atoms with Crippen molar-refractivity contribution in [2.75, 3.05) is 36.4 Å². The fraction of sp³-hybridized carbons (Fsp3) is 0.615. The maximum Gasteiger partial charge on any atom is 0.408 e. The van der Waals surface area contributed by atoms with Gasteiger partial charge in [-0.3, -0.25) is 9.10 Å². The van der Waals surface area contributed by atoms with E-state index in [9.17, 15) is 18.0 Å². The van der Waals surface area contributed by atoms with Crippen LogP contribution in [0.15, 0.2) is 24.8 Å². The number of alkyl carbamates (subject to hydrolysis) is 1. The number of anilines is 1. The lowest BCUT2D eigenvalue weighted by atomic mass is 9.99. The van der Waals surface area contributed by atoms with Crippen LogP contribution in [0.25, 0.3) is 0 Å². The van der Waals surface area contributed by atoms with Crippen LogP contribution >= 0.6 is 23.2 Å². The van der Waals surface area contributed by atoms with Gasteiger partial charge in [0.2, 0.25) is 10.0 Å². The van der Waals surface area contributed by atoms with Crippen molar-refractivity contribution in [3.63, 3.8) is 0 Å². The summed E-state index contributed by atoms with van der Waals surface area (Å²) in [7, 11) is -3.84. The third-order valence-corrected chi connectivity index (χ3v) is 8.60. The number of amides is 2. The first kappa shape index (κ1) is 32.0. The molecule has 0 aromatic heterocycles. The number of benzene rings is 1. The highest BCUT2D eigenvalue weighted by Crippen LogP contribution is 2.41. The second kappa shape index (κ2) is 12.8. The molecule has 0 bridgehead atoms. The topological polar surface area (TPSA) is 105 Å². The number of rotatable bonds is 9. The highest BCUT2D eigenvalue weighted by atomic mass is 35.5. The van der Waals surface area contributed by atoms with Crippen molar-refractivity contribution in [1.29, 1.82) is 0 Å². The number of carbonyl (C=O) groups excluding carboxylic acids is 2. The third kappa shape index (κ3) is 9.24. The van der Waals surface area contributed by atoms with Crippen molar-refractivity contribution < 1.29 is 27.5 Å². The van der Waals surface area contributed by atoms with Crippen LogP contribution in [0.3, 0.4) is 0 Å². The fourth-order valence-electron chi connectivity index (χ4n) is 4.15. The van der Waals surface area contributed by atoms with Gasteiger partial charge in [-0.2, -0.15) is 0 Å². The van der Waals surface area contributed by atoms with E-state index < -0.39 is 27.2 Å². The van der Waals surface area contributed by atoms with E-state index in [2.05, 4.69) is 11.9 Å². The molecule has 1 aliphatic rings. The Morgan fingerprint density at radius 3 is 2.24 bits per heavy atom. The summed E-state index contributed by atoms with van der Waals surface area (Å²) in [5.41, 5.74) is -1.00. The molecule has 214 valence electrons. The van der Waals surface area contributed by atoms with Gasteiger partial charge in [0, 0.05) is 30.2 Å². The molecule has 1 aliphatic heterocycles. The minimum atomic E-state index is -3.84. The van der Waals surface area contributed by atoms with Crippen molar-refractivity contribution >= 4 is 50.9 Å². The van der Waals surface area contributed by atoms with Gasteiger partial charge in [0.15, 0.2) is 6.61 Å². The first-order valence-electron chi connectivity index (χ1n) is 12.4. The zero-order valence-corrected chi connectivity index (χ0v) is 25.3. The predicted molar refractivity (Wildman–Crippen MR) is 152 cm³/mol. The Morgan fingerprint density at radius 1 is 1.13 bits per heavy atom. The molecule has 0 spiro atoms. The normalized spacial score (nSPS) is 15.1. The Hall–Kier alpha value is -2.17. The largest absolute Gasteiger partial charge is 0.487 e. The summed E-state index contributed by atoms with van der Waals surface area (Å²) in [5.74, 6) is -0.308. The van der Waals surface area contributed by atoms with Gasteiger partial charge >= 0.3 is 6.09 Å². The number of carbonyl (C=O) groups is 2. The number of piperidine rings is 1. The van der Waals surface area contributed by atoms with Gasteiger partial charge in [-0.15, -0.1) is 0 Å². The Kier molecular flexibility index (Phi) is 10.8. The maximum atomic E-state index is 13.8. The average molecular weight is 593 g/mol. The quantitative estimate of drug-likeness (QED) is 0.393. The summed E-state index contributed by atoms with van der Waals surface area (Å²) in [5, 5.41) is 3.09. The molecule has 1 N–H and O–H groups in total. The Labute approximate surface area is 236 Å². The van der Waals surface area contributed by atoms with Gasteiger partial charge in [0.1, 0.15) is 12.4 Å². The van der Waals surface area contributed by atoms with Crippen molar-refractivity contribution in [2.24, 2.45) is 5.92 Å². The van der Waals surface area contributed by atoms with Crippen molar-refractivity contribution in [1.82, 2.24) is 10.2 Å². The lowest BCUT2D eigenvalue weighted by Crippen LogP contribution is -2.49. The minimum absolute atomic E-state index is 0.113. The number of hydrogen-bond acceptors (Lipinski definition) is 6. The molecule has 38 heavy (non-hydrogen) atoms. The molecule has 9 nitrogen and oxygen atoms in total. The van der Waals surface area contributed by atoms with Gasteiger partial charge in [0.25, 0.3) is 5.91 Å². The van der Waals surface area contributed by atoms with E-state index >= 15 is 0 Å². The Bertz CT molecular complexity index is 1120. The van der Waals surface area contributed by atoms with E-state index in [1.54, 1.807) is 31.7 Å². The van der Waals surface area contributed by atoms with E-state index in [-0.39, 0.29) is 46.6 Å². The number of halogens is 2. The molecule has 1 fully saturated rings. The molecule has 0 radical (unpaired) electrons. The predicted octanol–water partition coefficient (Wildman–Crippen LogP) is 5.26. The van der Waals surface area contributed by atoms with Crippen molar-refractivity contribution in [2.45, 2.75) is 65.5 Å². The van der Waals surface area contributed by atoms with Crippen LogP contribution in [0.5, 0.6) is 5.75 Å². The number of nitrogens with zero attached hydrogens (tertiary/aromatic N) is 2. The van der Waals surface area contributed by atoms with E-state index in [0.29, 0.717) is 31.6 Å². The fourth-order valence-corrected chi connectivity index (χ4v) is 6.82. The number of sulfonamides is 1. The van der Waals surface area contributed by atoms with Crippen LogP contribution in [-0.4, -0.2) is 68.5 Å². The molecule has 1 aromatic carbocycles. The number of hydrogen-bond donors (Lipinski definition) is 1. The highest BCUT2D eigenvalue weighted by Gasteiger charge is 2.38. The van der Waals surface area contributed by atoms with E-state index in [1.807, 2.05) is 20.8 Å². The molecule has 0 atom stereocenters. The molecule has 0 aliphatic carbocycles. The number of ether oxygens (including phenoxy) is 2. The monoisotopic (exact) mass is 591 g/mol. The minimum Gasteiger partial charge on any atom is -0.487 e. The summed E-state index contributed by atoms with van der Waals surface area (Å²) in [6.45, 7) is 15.0. The first-order valence-corrected chi connectivity index (χ1v) is 14.8. The average Bonchev–Trinajstić information content (AvgIpc) is 2.76. The number of nitrogens with one attached hydrogen (secondary N) is 1. The maximum absolute atomic E-state index is 13.8. The van der Waals surface area contributed by atoms with Gasteiger partial charge in [-0.05, 0) is 66.4 Å². The molecule has 0 unspecified atom stereocenters. The summed E-state index contributed by atoms with van der Waals surface area (Å²) in [4.78, 5) is 25.9. The molecule has 1 saturated heterocycles. The van der Waals surface area contributed by atoms with Gasteiger partial charge in [-0.25, -0.2) is 13.2 Å². The van der Waals surface area contributed by atoms with Crippen molar-refractivity contribution in [3.8, 4) is 5.75 Å². The van der Waals surface area contributed by atoms with Crippen LogP contribution in [0.4, 0.5) is 10.5 Å². The molecule has 1 heterocycles. The number of likely N-dealkylation sites (tertiary alicyclic amines) is 1. The Balaban J connectivity index is 2.12. The molecule has 0 saturated carbocycles. The zero-order valence-electron chi connectivity index (χ0n) is 23.0. The zero-order chi connectivity index (χ0) is 28.9. The van der Waals surface area contributed by atoms with Crippen LogP contribution in [0.1, 0.15) is 54.4 Å². The van der Waals surface area contributed by atoms with Gasteiger partial charge in [-0.1, -0.05) is 35.9 Å². The molecule has 2 amide bonds. The van der Waals surface area contributed by atoms with Crippen LogP contribution in [-0.2, 0) is 19.6 Å². The van der Waals surface area contributed by atoms with E-state index in [0.717, 1.165) is 0 Å². The third-order valence-electron chi connectivity index (χ3n) is 5.68. The summed E-state index contributed by atoms with van der Waals surface area (Å²) in [6, 6.07) is 3.01. The Morgan fingerprint density at radius 2 is 1.71 bits per heavy atom. The SMILES string of the molecule is C=CCOc1cc(Cl)c(Cl)cc1N(C(C)(C)C)S(=O)(=O)CC1CCN(C(=O)COC(=O)NC(C)(C)C)CC1. The first-order chi connectivity index (χ1) is 17.4. The van der Waals surface area contributed by atoms with Gasteiger partial charge in [0.05, 0.1) is 21.5 Å². The summed E-state index contributed by atoms with van der Waals surface area (Å²) in [6.07, 6.45) is 1.89. The standard InChI is InChI=1S/C26H39Cl2N3O6S/c1-8-13-36-22-15-20(28)19(27)14-21(22)31(26(5,6)7)38(34,35)17-18-9-11-30(12-10-18)23(32)16-37-24(33)29-25(2,3)4/h8,14-15,18H,1,9-13,16-17H2,2-7H3,(H,29,33). The van der Waals surface area contributed by atoms with E-state index in [4.69, 9.17) is 32.7 Å². The van der Waals surface area contributed by atoms with Crippen LogP contribution in [0.2, 0.25) is 10.0 Å². The lowest BCUT2D eigenvalue weighted by Gasteiger charge is -2.39. The second-order valence-electron chi connectivity index (χ2n) is 11.3. The second-order valence-corrected chi connectivity index (χ2v) is 14.0. The molecular weight excluding hydrogens is 553 g/mol. The molecule has 12 heteroatoms. The van der Waals surface area contributed by atoms with Crippen molar-refractivity contribution in [3.05, 3.63) is 34.8 Å². The molecular formula is C26H39Cl2N3O6S. The van der Waals surface area contributed by atoms with Gasteiger partial charge < -0.3 is 19.7 Å². The highest BCUT2D eigenvalue weighted by molar-refractivity contribution is 7.92. The van der Waals surface area contributed by atoms with Crippen LogP contribution < -0.4 is 14.4 Å². The lowest BCUT2D eigenvalue weighted by molar-refractivity contribution is -0.135. The molecule has 1 aromatic rings. The van der Waals surface area contributed by atoms with Crippen LogP contribution in [0, 0.1) is 5.92 Å². The molecule has 2 rings (SSSR count). The smallest absolute Gasteiger partial charge is 0.408 e. The summed E-state index contributed by atoms with van der Waals surface area (Å²) < 4.78 is 39.7.